The van der Waals surface area contributed by atoms with Crippen molar-refractivity contribution in [3.05, 3.63) is 0 Å². The molecule has 0 spiro atoms. The minimum atomic E-state index is -0.159. The summed E-state index contributed by atoms with van der Waals surface area (Å²) in [5.41, 5.74) is 0. The maximum Gasteiger partial charge on any atom is 0.251 e. The maximum absolute atomic E-state index is 12.2. The average Bonchev–Trinajstić information content (AvgIpc) is 2.81. The number of carbonyl (C=O) groups excluding carboxylic acids is 1. The fourth-order valence-electron chi connectivity index (χ4n) is 2.73. The van der Waals surface area contributed by atoms with E-state index in [2.05, 4.69) is 19.2 Å². The van der Waals surface area contributed by atoms with Gasteiger partial charge in [0, 0.05) is 32.3 Å². The Kier molecular flexibility index (Phi) is 4.40. The van der Waals surface area contributed by atoms with Crippen LogP contribution in [0.5, 0.6) is 0 Å². The summed E-state index contributed by atoms with van der Waals surface area (Å²) in [5, 5.41) is 3.49. The van der Waals surface area contributed by atoms with E-state index in [0.717, 1.165) is 45.5 Å². The van der Waals surface area contributed by atoms with Crippen LogP contribution in [0.15, 0.2) is 0 Å². The van der Waals surface area contributed by atoms with Crippen LogP contribution in [0.4, 0.5) is 0 Å². The van der Waals surface area contributed by atoms with Crippen LogP contribution in [0.2, 0.25) is 0 Å². The first-order valence-corrected chi connectivity index (χ1v) is 6.80. The Labute approximate surface area is 104 Å². The summed E-state index contributed by atoms with van der Waals surface area (Å²) in [6.07, 6.45) is 2.90. The number of piperazine rings is 1. The van der Waals surface area contributed by atoms with Crippen molar-refractivity contribution in [2.75, 3.05) is 26.2 Å². The molecule has 2 atom stereocenters. The molecule has 4 heteroatoms. The standard InChI is InChI=1S/C13H24N2O2/c1-10(2)8-11-9-15(6-5-14-11)13(16)12-4-3-7-17-12/h10-12,14H,3-9H2,1-2H3. The first-order valence-electron chi connectivity index (χ1n) is 6.80. The number of hydrogen-bond donors (Lipinski definition) is 1. The number of nitrogens with one attached hydrogen (secondary N) is 1. The molecule has 2 unspecified atom stereocenters. The first kappa shape index (κ1) is 12.8. The molecule has 98 valence electrons. The van der Waals surface area contributed by atoms with E-state index >= 15 is 0 Å². The van der Waals surface area contributed by atoms with Crippen molar-refractivity contribution in [3.8, 4) is 0 Å². The van der Waals surface area contributed by atoms with Gasteiger partial charge < -0.3 is 15.0 Å². The van der Waals surface area contributed by atoms with Gasteiger partial charge in [0.25, 0.3) is 5.91 Å². The fourth-order valence-corrected chi connectivity index (χ4v) is 2.73. The Morgan fingerprint density at radius 1 is 1.53 bits per heavy atom. The number of carbonyl (C=O) groups is 1. The molecule has 2 aliphatic heterocycles. The van der Waals surface area contributed by atoms with Gasteiger partial charge in [0.1, 0.15) is 6.10 Å². The zero-order valence-electron chi connectivity index (χ0n) is 10.9. The molecule has 0 radical (unpaired) electrons. The summed E-state index contributed by atoms with van der Waals surface area (Å²) in [6, 6.07) is 0.453. The van der Waals surface area contributed by atoms with Crippen LogP contribution in [0, 0.1) is 5.92 Å². The van der Waals surface area contributed by atoms with Crippen molar-refractivity contribution in [2.24, 2.45) is 5.92 Å². The second-order valence-electron chi connectivity index (χ2n) is 5.57. The zero-order valence-corrected chi connectivity index (χ0v) is 10.9. The third-order valence-electron chi connectivity index (χ3n) is 3.53. The third-order valence-corrected chi connectivity index (χ3v) is 3.53. The van der Waals surface area contributed by atoms with E-state index in [4.69, 9.17) is 4.74 Å². The highest BCUT2D eigenvalue weighted by Crippen LogP contribution is 2.17. The topological polar surface area (TPSA) is 41.6 Å². The number of rotatable bonds is 3. The SMILES string of the molecule is CC(C)CC1CN(C(=O)C2CCCO2)CCN1. The molecule has 2 heterocycles. The van der Waals surface area contributed by atoms with Crippen LogP contribution < -0.4 is 5.32 Å². The van der Waals surface area contributed by atoms with Crippen LogP contribution in [0.25, 0.3) is 0 Å². The highest BCUT2D eigenvalue weighted by atomic mass is 16.5. The van der Waals surface area contributed by atoms with Crippen molar-refractivity contribution < 1.29 is 9.53 Å². The second-order valence-corrected chi connectivity index (χ2v) is 5.57. The monoisotopic (exact) mass is 240 g/mol. The van der Waals surface area contributed by atoms with Gasteiger partial charge in [-0.25, -0.2) is 0 Å². The molecule has 0 aromatic carbocycles. The fraction of sp³-hybridized carbons (Fsp3) is 0.923. The van der Waals surface area contributed by atoms with Crippen LogP contribution >= 0.6 is 0 Å². The molecule has 0 aromatic heterocycles. The third kappa shape index (κ3) is 3.42. The lowest BCUT2D eigenvalue weighted by Gasteiger charge is -2.35. The molecular weight excluding hydrogens is 216 g/mol. The van der Waals surface area contributed by atoms with Gasteiger partial charge in [-0.3, -0.25) is 4.79 Å². The van der Waals surface area contributed by atoms with Crippen molar-refractivity contribution in [1.29, 1.82) is 0 Å². The molecule has 2 aliphatic rings. The van der Waals surface area contributed by atoms with E-state index in [-0.39, 0.29) is 12.0 Å². The van der Waals surface area contributed by atoms with Crippen LogP contribution in [-0.2, 0) is 9.53 Å². The molecule has 2 fully saturated rings. The maximum atomic E-state index is 12.2. The molecule has 17 heavy (non-hydrogen) atoms. The minimum Gasteiger partial charge on any atom is -0.368 e. The Bertz CT molecular complexity index is 262. The zero-order chi connectivity index (χ0) is 12.3. The number of nitrogens with zero attached hydrogens (tertiary/aromatic N) is 1. The summed E-state index contributed by atoms with van der Waals surface area (Å²) < 4.78 is 5.47. The highest BCUT2D eigenvalue weighted by molar-refractivity contribution is 5.81. The molecule has 0 bridgehead atoms. The van der Waals surface area contributed by atoms with Gasteiger partial charge in [0.05, 0.1) is 0 Å². The van der Waals surface area contributed by atoms with Gasteiger partial charge >= 0.3 is 0 Å². The summed E-state index contributed by atoms with van der Waals surface area (Å²) >= 11 is 0. The molecule has 2 saturated heterocycles. The normalized spacial score (nSPS) is 29.9. The lowest BCUT2D eigenvalue weighted by atomic mass is 10.0. The summed E-state index contributed by atoms with van der Waals surface area (Å²) in [7, 11) is 0. The Balaban J connectivity index is 1.85. The van der Waals surface area contributed by atoms with Crippen molar-refractivity contribution in [1.82, 2.24) is 10.2 Å². The molecule has 0 aliphatic carbocycles. The van der Waals surface area contributed by atoms with Crippen LogP contribution in [0.1, 0.15) is 33.1 Å². The van der Waals surface area contributed by atoms with Gasteiger partial charge in [-0.15, -0.1) is 0 Å². The number of ether oxygens (including phenoxy) is 1. The van der Waals surface area contributed by atoms with E-state index in [0.29, 0.717) is 12.0 Å². The van der Waals surface area contributed by atoms with E-state index in [1.807, 2.05) is 4.90 Å². The second kappa shape index (κ2) is 5.83. The van der Waals surface area contributed by atoms with Gasteiger partial charge in [-0.1, -0.05) is 13.8 Å². The number of amides is 1. The quantitative estimate of drug-likeness (QED) is 0.800. The molecular formula is C13H24N2O2. The van der Waals surface area contributed by atoms with E-state index < -0.39 is 0 Å². The van der Waals surface area contributed by atoms with E-state index in [9.17, 15) is 4.79 Å². The Morgan fingerprint density at radius 3 is 3.00 bits per heavy atom. The van der Waals surface area contributed by atoms with Gasteiger partial charge in [-0.2, -0.15) is 0 Å². The van der Waals surface area contributed by atoms with Gasteiger partial charge in [0.15, 0.2) is 0 Å². The lowest BCUT2D eigenvalue weighted by molar-refractivity contribution is -0.142. The van der Waals surface area contributed by atoms with Crippen LogP contribution in [-0.4, -0.2) is 49.2 Å². The molecule has 2 rings (SSSR count). The Morgan fingerprint density at radius 2 is 2.35 bits per heavy atom. The molecule has 4 nitrogen and oxygen atoms in total. The van der Waals surface area contributed by atoms with Gasteiger partial charge in [0.2, 0.25) is 0 Å². The van der Waals surface area contributed by atoms with E-state index in [1.54, 1.807) is 0 Å². The van der Waals surface area contributed by atoms with Crippen molar-refractivity contribution in [2.45, 2.75) is 45.3 Å². The number of hydrogen-bond acceptors (Lipinski definition) is 3. The van der Waals surface area contributed by atoms with Crippen LogP contribution in [0.3, 0.4) is 0 Å². The smallest absolute Gasteiger partial charge is 0.251 e. The highest BCUT2D eigenvalue weighted by Gasteiger charge is 2.31. The lowest BCUT2D eigenvalue weighted by Crippen LogP contribution is -2.55. The summed E-state index contributed by atoms with van der Waals surface area (Å²) in [4.78, 5) is 14.2. The first-order chi connectivity index (χ1) is 8.16. The summed E-state index contributed by atoms with van der Waals surface area (Å²) in [5.74, 6) is 0.878. The Hall–Kier alpha value is -0.610. The van der Waals surface area contributed by atoms with Crippen molar-refractivity contribution >= 4 is 5.91 Å². The van der Waals surface area contributed by atoms with Crippen molar-refractivity contribution in [3.63, 3.8) is 0 Å². The molecule has 0 aromatic rings. The van der Waals surface area contributed by atoms with E-state index in [1.165, 1.54) is 0 Å². The predicted octanol–water partition coefficient (Wildman–Crippen LogP) is 1.01. The molecule has 0 saturated carbocycles. The molecule has 1 amide bonds. The predicted molar refractivity (Wildman–Crippen MR) is 66.8 cm³/mol. The minimum absolute atomic E-state index is 0.159. The molecule has 1 N–H and O–H groups in total. The van der Waals surface area contributed by atoms with Gasteiger partial charge in [-0.05, 0) is 25.2 Å². The average molecular weight is 240 g/mol. The summed E-state index contributed by atoms with van der Waals surface area (Å²) in [6.45, 7) is 7.78. The largest absolute Gasteiger partial charge is 0.368 e.